The Labute approximate surface area is 187 Å². The van der Waals surface area contributed by atoms with Crippen LogP contribution in [0.4, 0.5) is 0 Å². The van der Waals surface area contributed by atoms with Gasteiger partial charge >= 0.3 is 5.97 Å². The molecule has 0 fully saturated rings. The van der Waals surface area contributed by atoms with Crippen molar-refractivity contribution < 1.29 is 23.9 Å². The average molecular weight is 437 g/mol. The molecule has 0 amide bonds. The monoisotopic (exact) mass is 436 g/mol. The number of carbonyl (C=O) groups excluding carboxylic acids is 3. The number of fused-ring (bicyclic) bond motifs is 1. The average Bonchev–Trinajstić information content (AvgIpc) is 3.17. The van der Waals surface area contributed by atoms with Crippen LogP contribution < -0.4 is 4.74 Å². The summed E-state index contributed by atoms with van der Waals surface area (Å²) in [4.78, 5) is 39.0. The highest BCUT2D eigenvalue weighted by molar-refractivity contribution is 6.38. The van der Waals surface area contributed by atoms with Crippen molar-refractivity contribution in [3.8, 4) is 16.9 Å². The number of esters is 1. The maximum atomic E-state index is 13.1. The van der Waals surface area contributed by atoms with E-state index in [-0.39, 0.29) is 6.61 Å². The number of rotatable bonds is 11. The van der Waals surface area contributed by atoms with Gasteiger partial charge in [-0.25, -0.2) is 4.79 Å². The van der Waals surface area contributed by atoms with Gasteiger partial charge in [0.1, 0.15) is 5.75 Å². The predicted molar refractivity (Wildman–Crippen MR) is 122 cm³/mol. The van der Waals surface area contributed by atoms with E-state index < -0.39 is 24.0 Å². The molecule has 0 aliphatic carbocycles. The summed E-state index contributed by atoms with van der Waals surface area (Å²) in [5.41, 5.74) is 2.69. The second kappa shape index (κ2) is 10.7. The quantitative estimate of drug-likeness (QED) is 0.150. The Morgan fingerprint density at radius 2 is 1.78 bits per heavy atom. The van der Waals surface area contributed by atoms with Crippen LogP contribution in [0.15, 0.2) is 54.7 Å². The zero-order chi connectivity index (χ0) is 23.1. The highest BCUT2D eigenvalue weighted by atomic mass is 16.5. The van der Waals surface area contributed by atoms with Crippen LogP contribution in [0.25, 0.3) is 16.6 Å². The molecule has 0 aliphatic rings. The van der Waals surface area contributed by atoms with Crippen molar-refractivity contribution in [1.82, 2.24) is 9.30 Å². The molecule has 2 heterocycles. The first-order valence-corrected chi connectivity index (χ1v) is 10.6. The van der Waals surface area contributed by atoms with Gasteiger partial charge in [-0.2, -0.15) is 0 Å². The molecule has 7 nitrogen and oxygen atoms in total. The minimum Gasteiger partial charge on any atom is -0.494 e. The van der Waals surface area contributed by atoms with Crippen molar-refractivity contribution in [3.63, 3.8) is 0 Å². The lowest BCUT2D eigenvalue weighted by atomic mass is 10.0. The van der Waals surface area contributed by atoms with Crippen molar-refractivity contribution >= 4 is 23.1 Å². The Hall–Kier alpha value is -3.45. The molecule has 32 heavy (non-hydrogen) atoms. The molecule has 0 N–H and O–H groups in total. The SMILES string of the molecule is CCOC(=O)C(=O)CC(=O)c1c(-c2ccc(OCCCN(C)C)cc2)cc2ccccn12. The topological polar surface area (TPSA) is 77.3 Å². The van der Waals surface area contributed by atoms with Crippen LogP contribution in [-0.4, -0.2) is 60.7 Å². The third-order valence-corrected chi connectivity index (χ3v) is 4.95. The fraction of sp³-hybridized carbons (Fsp3) is 0.320. The van der Waals surface area contributed by atoms with Crippen LogP contribution in [0, 0.1) is 0 Å². The van der Waals surface area contributed by atoms with Gasteiger partial charge in [0.05, 0.1) is 25.3 Å². The molecule has 0 aliphatic heterocycles. The minimum atomic E-state index is -0.987. The molecule has 3 rings (SSSR count). The van der Waals surface area contributed by atoms with Crippen LogP contribution in [0.5, 0.6) is 5.75 Å². The summed E-state index contributed by atoms with van der Waals surface area (Å²) in [7, 11) is 4.05. The van der Waals surface area contributed by atoms with Crippen LogP contribution in [0.1, 0.15) is 30.3 Å². The highest BCUT2D eigenvalue weighted by Crippen LogP contribution is 2.30. The summed E-state index contributed by atoms with van der Waals surface area (Å²) in [6.07, 6.45) is 2.15. The first-order chi connectivity index (χ1) is 15.4. The first kappa shape index (κ1) is 23.2. The van der Waals surface area contributed by atoms with Gasteiger partial charge in [-0.05, 0) is 63.3 Å². The zero-order valence-corrected chi connectivity index (χ0v) is 18.7. The van der Waals surface area contributed by atoms with Crippen molar-refractivity contribution in [3.05, 3.63) is 60.4 Å². The lowest BCUT2D eigenvalue weighted by Crippen LogP contribution is -2.21. The maximum Gasteiger partial charge on any atom is 0.375 e. The van der Waals surface area contributed by atoms with E-state index in [0.717, 1.165) is 29.8 Å². The fourth-order valence-electron chi connectivity index (χ4n) is 3.44. The number of pyridine rings is 1. The van der Waals surface area contributed by atoms with Crippen LogP contribution in [0.3, 0.4) is 0 Å². The third kappa shape index (κ3) is 5.62. The van der Waals surface area contributed by atoms with E-state index in [1.165, 1.54) is 0 Å². The molecule has 168 valence electrons. The van der Waals surface area contributed by atoms with Crippen molar-refractivity contribution in [2.75, 3.05) is 33.9 Å². The van der Waals surface area contributed by atoms with Gasteiger partial charge in [0.2, 0.25) is 5.78 Å². The van der Waals surface area contributed by atoms with Gasteiger partial charge in [-0.15, -0.1) is 0 Å². The van der Waals surface area contributed by atoms with Gasteiger partial charge < -0.3 is 18.8 Å². The largest absolute Gasteiger partial charge is 0.494 e. The Kier molecular flexibility index (Phi) is 7.78. The van der Waals surface area contributed by atoms with Crippen molar-refractivity contribution in [1.29, 1.82) is 0 Å². The summed E-state index contributed by atoms with van der Waals surface area (Å²) in [5, 5.41) is 0. The molecule has 3 aromatic rings. The molecule has 0 saturated carbocycles. The van der Waals surface area contributed by atoms with Gasteiger partial charge in [0, 0.05) is 23.8 Å². The Morgan fingerprint density at radius 1 is 1.03 bits per heavy atom. The summed E-state index contributed by atoms with van der Waals surface area (Å²) in [6.45, 7) is 3.27. The number of aromatic nitrogens is 1. The Balaban J connectivity index is 1.84. The van der Waals surface area contributed by atoms with E-state index in [1.807, 2.05) is 62.6 Å². The number of Topliss-reactive ketones (excluding diaryl/α,β-unsaturated/α-hetero) is 2. The lowest BCUT2D eigenvalue weighted by Gasteiger charge is -2.11. The summed E-state index contributed by atoms with van der Waals surface area (Å²) < 4.78 is 12.3. The van der Waals surface area contributed by atoms with E-state index >= 15 is 0 Å². The Bertz CT molecular complexity index is 1100. The second-order valence-corrected chi connectivity index (χ2v) is 7.68. The predicted octanol–water partition coefficient (Wildman–Crippen LogP) is 3.64. The molecule has 0 atom stereocenters. The number of benzene rings is 1. The zero-order valence-electron chi connectivity index (χ0n) is 18.7. The molecule has 7 heteroatoms. The fourth-order valence-corrected chi connectivity index (χ4v) is 3.44. The molecule has 0 spiro atoms. The highest BCUT2D eigenvalue weighted by Gasteiger charge is 2.25. The van der Waals surface area contributed by atoms with Gasteiger partial charge in [-0.1, -0.05) is 18.2 Å². The van der Waals surface area contributed by atoms with E-state index in [9.17, 15) is 14.4 Å². The summed E-state index contributed by atoms with van der Waals surface area (Å²) in [6, 6.07) is 15.0. The molecule has 0 unspecified atom stereocenters. The van der Waals surface area contributed by atoms with E-state index in [4.69, 9.17) is 9.47 Å². The summed E-state index contributed by atoms with van der Waals surface area (Å²) in [5.74, 6) is -1.52. The third-order valence-electron chi connectivity index (χ3n) is 4.95. The van der Waals surface area contributed by atoms with E-state index in [1.54, 1.807) is 17.5 Å². The molecule has 0 saturated heterocycles. The van der Waals surface area contributed by atoms with E-state index in [0.29, 0.717) is 17.9 Å². The Morgan fingerprint density at radius 3 is 2.47 bits per heavy atom. The number of nitrogens with zero attached hydrogens (tertiary/aromatic N) is 2. The molecule has 0 bridgehead atoms. The second-order valence-electron chi connectivity index (χ2n) is 7.68. The smallest absolute Gasteiger partial charge is 0.375 e. The van der Waals surface area contributed by atoms with Crippen molar-refractivity contribution in [2.45, 2.75) is 19.8 Å². The molecular weight excluding hydrogens is 408 g/mol. The van der Waals surface area contributed by atoms with Gasteiger partial charge in [-0.3, -0.25) is 9.59 Å². The standard InChI is InChI=1S/C25H28N2O5/c1-4-31-25(30)23(29)17-22(28)24-21(16-19-8-5-6-14-27(19)24)18-9-11-20(12-10-18)32-15-7-13-26(2)3/h5-6,8-12,14,16H,4,7,13,15,17H2,1-3H3. The number of hydrogen-bond donors (Lipinski definition) is 0. The number of ketones is 2. The number of carbonyl (C=O) groups is 3. The van der Waals surface area contributed by atoms with Crippen LogP contribution >= 0.6 is 0 Å². The van der Waals surface area contributed by atoms with Gasteiger partial charge in [0.25, 0.3) is 0 Å². The number of ether oxygens (including phenoxy) is 2. The van der Waals surface area contributed by atoms with Gasteiger partial charge in [0.15, 0.2) is 5.78 Å². The normalized spacial score (nSPS) is 11.0. The molecular formula is C25H28N2O5. The van der Waals surface area contributed by atoms with E-state index in [2.05, 4.69) is 4.90 Å². The van der Waals surface area contributed by atoms with Crippen molar-refractivity contribution in [2.24, 2.45) is 0 Å². The number of hydrogen-bond acceptors (Lipinski definition) is 6. The van der Waals surface area contributed by atoms with Crippen LogP contribution in [-0.2, 0) is 14.3 Å². The lowest BCUT2D eigenvalue weighted by molar-refractivity contribution is -0.153. The summed E-state index contributed by atoms with van der Waals surface area (Å²) >= 11 is 0. The first-order valence-electron chi connectivity index (χ1n) is 10.6. The molecule has 0 radical (unpaired) electrons. The van der Waals surface area contributed by atoms with Crippen LogP contribution in [0.2, 0.25) is 0 Å². The maximum absolute atomic E-state index is 13.1. The molecule has 2 aromatic heterocycles. The minimum absolute atomic E-state index is 0.0850. The molecule has 1 aromatic carbocycles.